The molecule has 1 aromatic rings. The summed E-state index contributed by atoms with van der Waals surface area (Å²) < 4.78 is 0. The first-order valence-corrected chi connectivity index (χ1v) is 2.62. The van der Waals surface area contributed by atoms with E-state index in [9.17, 15) is 0 Å². The largest absolute Gasteiger partial charge is 0.344 e. The quantitative estimate of drug-likeness (QED) is 0.603. The molecule has 3 nitrogen and oxygen atoms in total. The van der Waals surface area contributed by atoms with Crippen molar-refractivity contribution < 1.29 is 0 Å². The van der Waals surface area contributed by atoms with Gasteiger partial charge in [0.2, 0.25) is 0 Å². The van der Waals surface area contributed by atoms with Crippen molar-refractivity contribution in [1.82, 2.24) is 16.3 Å². The summed E-state index contributed by atoms with van der Waals surface area (Å²) in [5, 5.41) is 7.73. The summed E-state index contributed by atoms with van der Waals surface area (Å²) in [6, 6.07) is 3.53. The van der Waals surface area contributed by atoms with E-state index in [1.165, 1.54) is 0 Å². The van der Waals surface area contributed by atoms with Crippen LogP contribution < -0.4 is 6.15 Å². The number of hydrogen-bond acceptors (Lipinski definition) is 3. The predicted molar refractivity (Wildman–Crippen MR) is 36.8 cm³/mol. The smallest absolute Gasteiger partial charge is 0.151 e. The van der Waals surface area contributed by atoms with E-state index in [4.69, 9.17) is 11.6 Å². The minimum Gasteiger partial charge on any atom is -0.344 e. The fraction of sp³-hybridized carbons (Fsp3) is 0.200. The highest BCUT2D eigenvalue weighted by atomic mass is 35.5. The lowest BCUT2D eigenvalue weighted by molar-refractivity contribution is 0.981. The van der Waals surface area contributed by atoms with Crippen LogP contribution in [0.4, 0.5) is 0 Å². The molecule has 0 amide bonds. The second-order valence-electron chi connectivity index (χ2n) is 1.50. The Morgan fingerprint density at radius 1 is 1.33 bits per heavy atom. The molecule has 0 radical (unpaired) electrons. The highest BCUT2D eigenvalue weighted by Gasteiger charge is 1.85. The third-order valence-electron chi connectivity index (χ3n) is 0.765. The van der Waals surface area contributed by atoms with Crippen molar-refractivity contribution in [2.45, 2.75) is 6.92 Å². The average molecular weight is 146 g/mol. The van der Waals surface area contributed by atoms with Crippen molar-refractivity contribution >= 4 is 11.6 Å². The molecule has 0 bridgehead atoms. The van der Waals surface area contributed by atoms with Gasteiger partial charge in [-0.2, -0.15) is 5.10 Å². The van der Waals surface area contributed by atoms with E-state index in [0.29, 0.717) is 5.15 Å². The Morgan fingerprint density at radius 2 is 2.00 bits per heavy atom. The number of rotatable bonds is 0. The molecule has 1 heterocycles. The summed E-state index contributed by atoms with van der Waals surface area (Å²) in [4.78, 5) is 0. The van der Waals surface area contributed by atoms with Crippen LogP contribution in [0.15, 0.2) is 12.1 Å². The number of halogens is 1. The van der Waals surface area contributed by atoms with E-state index in [1.54, 1.807) is 6.07 Å². The fourth-order valence-electron chi connectivity index (χ4n) is 0.383. The van der Waals surface area contributed by atoms with E-state index in [1.807, 2.05) is 13.0 Å². The third-order valence-corrected chi connectivity index (χ3v) is 0.967. The summed E-state index contributed by atoms with van der Waals surface area (Å²) in [6.45, 7) is 1.86. The molecular formula is C5H8ClN3. The highest BCUT2D eigenvalue weighted by Crippen LogP contribution is 1.99. The molecule has 0 atom stereocenters. The molecule has 9 heavy (non-hydrogen) atoms. The summed E-state index contributed by atoms with van der Waals surface area (Å²) in [5.41, 5.74) is 0.884. The lowest BCUT2D eigenvalue weighted by Crippen LogP contribution is -1.83. The van der Waals surface area contributed by atoms with Gasteiger partial charge in [-0.05, 0) is 19.1 Å². The Labute approximate surface area is 58.6 Å². The molecule has 3 N–H and O–H groups in total. The molecular weight excluding hydrogens is 138 g/mol. The molecule has 0 aliphatic carbocycles. The van der Waals surface area contributed by atoms with Gasteiger partial charge in [-0.15, -0.1) is 5.10 Å². The van der Waals surface area contributed by atoms with E-state index >= 15 is 0 Å². The minimum atomic E-state index is 0. The highest BCUT2D eigenvalue weighted by molar-refractivity contribution is 6.29. The van der Waals surface area contributed by atoms with Gasteiger partial charge in [-0.3, -0.25) is 0 Å². The number of nitrogens with zero attached hydrogens (tertiary/aromatic N) is 2. The zero-order valence-corrected chi connectivity index (χ0v) is 5.89. The Hall–Kier alpha value is -0.670. The molecule has 0 aromatic carbocycles. The Kier molecular flexibility index (Phi) is 3.12. The van der Waals surface area contributed by atoms with E-state index < -0.39 is 0 Å². The van der Waals surface area contributed by atoms with Gasteiger partial charge < -0.3 is 6.15 Å². The van der Waals surface area contributed by atoms with E-state index in [0.717, 1.165) is 5.69 Å². The van der Waals surface area contributed by atoms with Crippen molar-refractivity contribution in [2.24, 2.45) is 0 Å². The van der Waals surface area contributed by atoms with Crippen molar-refractivity contribution in [3.63, 3.8) is 0 Å². The predicted octanol–water partition coefficient (Wildman–Crippen LogP) is 1.60. The average Bonchev–Trinajstić information content (AvgIpc) is 1.77. The minimum absolute atomic E-state index is 0. The molecule has 0 aliphatic rings. The molecule has 0 aliphatic heterocycles. The van der Waals surface area contributed by atoms with Gasteiger partial charge in [-0.1, -0.05) is 11.6 Å². The summed E-state index contributed by atoms with van der Waals surface area (Å²) in [6.07, 6.45) is 0. The molecule has 50 valence electrons. The van der Waals surface area contributed by atoms with Crippen LogP contribution in [0.5, 0.6) is 0 Å². The SMILES string of the molecule is Cc1ccc(Cl)nn1.N. The van der Waals surface area contributed by atoms with Gasteiger partial charge >= 0.3 is 0 Å². The van der Waals surface area contributed by atoms with Crippen LogP contribution in [0.2, 0.25) is 5.15 Å². The Balaban J connectivity index is 0.000000640. The lowest BCUT2D eigenvalue weighted by Gasteiger charge is -1.85. The molecule has 1 aromatic heterocycles. The van der Waals surface area contributed by atoms with Crippen molar-refractivity contribution in [2.75, 3.05) is 0 Å². The zero-order valence-electron chi connectivity index (χ0n) is 5.13. The molecule has 4 heteroatoms. The lowest BCUT2D eigenvalue weighted by atomic mass is 10.4. The molecule has 0 saturated carbocycles. The third kappa shape index (κ3) is 2.39. The van der Waals surface area contributed by atoms with Crippen LogP contribution in [0.3, 0.4) is 0 Å². The maximum absolute atomic E-state index is 5.44. The van der Waals surface area contributed by atoms with E-state index in [-0.39, 0.29) is 6.15 Å². The van der Waals surface area contributed by atoms with Crippen molar-refractivity contribution in [1.29, 1.82) is 0 Å². The van der Waals surface area contributed by atoms with E-state index in [2.05, 4.69) is 10.2 Å². The van der Waals surface area contributed by atoms with Crippen molar-refractivity contribution in [3.05, 3.63) is 23.0 Å². The molecule has 0 spiro atoms. The van der Waals surface area contributed by atoms with Gasteiger partial charge in [0, 0.05) is 0 Å². The summed E-state index contributed by atoms with van der Waals surface area (Å²) in [7, 11) is 0. The Bertz CT molecular complexity index is 151. The molecule has 0 saturated heterocycles. The van der Waals surface area contributed by atoms with Gasteiger partial charge in [-0.25, -0.2) is 0 Å². The first-order valence-electron chi connectivity index (χ1n) is 2.25. The van der Waals surface area contributed by atoms with Gasteiger partial charge in [0.25, 0.3) is 0 Å². The van der Waals surface area contributed by atoms with Gasteiger partial charge in [0.05, 0.1) is 5.69 Å². The topological polar surface area (TPSA) is 60.8 Å². The van der Waals surface area contributed by atoms with Crippen LogP contribution >= 0.6 is 11.6 Å². The zero-order chi connectivity index (χ0) is 5.98. The maximum atomic E-state index is 5.44. The van der Waals surface area contributed by atoms with Crippen LogP contribution in [0.1, 0.15) is 5.69 Å². The van der Waals surface area contributed by atoms with Crippen LogP contribution in [-0.2, 0) is 0 Å². The first kappa shape index (κ1) is 8.33. The molecule has 0 unspecified atom stereocenters. The monoisotopic (exact) mass is 145 g/mol. The second kappa shape index (κ2) is 3.37. The molecule has 1 rings (SSSR count). The fourth-order valence-corrected chi connectivity index (χ4v) is 0.483. The maximum Gasteiger partial charge on any atom is 0.151 e. The summed E-state index contributed by atoms with van der Waals surface area (Å²) in [5.74, 6) is 0. The van der Waals surface area contributed by atoms with Crippen molar-refractivity contribution in [3.8, 4) is 0 Å². The number of hydrogen-bond donors (Lipinski definition) is 1. The Morgan fingerprint density at radius 3 is 2.33 bits per heavy atom. The van der Waals surface area contributed by atoms with Crippen LogP contribution in [-0.4, -0.2) is 10.2 Å². The standard InChI is InChI=1S/C5H5ClN2.H3N/c1-4-2-3-5(6)8-7-4;/h2-3H,1H3;1H3. The van der Waals surface area contributed by atoms with Gasteiger partial charge in [0.15, 0.2) is 5.15 Å². The first-order chi connectivity index (χ1) is 3.79. The number of aromatic nitrogens is 2. The van der Waals surface area contributed by atoms with Crippen LogP contribution in [0.25, 0.3) is 0 Å². The van der Waals surface area contributed by atoms with Gasteiger partial charge in [0.1, 0.15) is 0 Å². The van der Waals surface area contributed by atoms with Crippen LogP contribution in [0, 0.1) is 6.92 Å². The molecule has 0 fully saturated rings. The number of aryl methyl sites for hydroxylation is 1. The normalized spacial score (nSPS) is 8.22. The second-order valence-corrected chi connectivity index (χ2v) is 1.88. The summed E-state index contributed by atoms with van der Waals surface area (Å²) >= 11 is 5.44.